The highest BCUT2D eigenvalue weighted by Gasteiger charge is 2.38. The largest absolute Gasteiger partial charge is 0.478 e. The van der Waals surface area contributed by atoms with Crippen LogP contribution in [-0.4, -0.2) is 38.2 Å². The second-order valence-corrected chi connectivity index (χ2v) is 8.13. The highest BCUT2D eigenvalue weighted by atomic mass is 32.2. The molecule has 3 rings (SSSR count). The van der Waals surface area contributed by atoms with E-state index in [0.29, 0.717) is 14.9 Å². The van der Waals surface area contributed by atoms with Gasteiger partial charge in [-0.1, -0.05) is 48.2 Å². The number of thiocarbonyl (C=S) groups is 1. The molecule has 1 unspecified atom stereocenters. The van der Waals surface area contributed by atoms with Crippen molar-refractivity contribution in [1.82, 2.24) is 4.90 Å². The summed E-state index contributed by atoms with van der Waals surface area (Å²) < 4.78 is 0.318. The zero-order chi connectivity index (χ0) is 21.1. The molecule has 2 aromatic carbocycles. The first-order chi connectivity index (χ1) is 13.8. The van der Waals surface area contributed by atoms with E-state index in [9.17, 15) is 14.4 Å². The van der Waals surface area contributed by atoms with Gasteiger partial charge in [0.1, 0.15) is 10.4 Å². The first-order valence-corrected chi connectivity index (χ1v) is 9.97. The Labute approximate surface area is 177 Å². The van der Waals surface area contributed by atoms with Crippen LogP contribution < -0.4 is 5.32 Å². The van der Waals surface area contributed by atoms with Crippen LogP contribution in [0.4, 0.5) is 5.69 Å². The molecule has 0 spiro atoms. The number of anilines is 1. The van der Waals surface area contributed by atoms with Gasteiger partial charge in [0.15, 0.2) is 0 Å². The molecule has 8 heteroatoms. The molecule has 1 atom stereocenters. The van der Waals surface area contributed by atoms with E-state index in [-0.39, 0.29) is 11.5 Å². The number of hydrogen-bond donors (Lipinski definition) is 2. The Bertz CT molecular complexity index is 1030. The highest BCUT2D eigenvalue weighted by molar-refractivity contribution is 8.26. The van der Waals surface area contributed by atoms with Crippen LogP contribution in [0, 0.1) is 6.92 Å². The number of hydrogen-bond acceptors (Lipinski definition) is 5. The van der Waals surface area contributed by atoms with E-state index in [2.05, 4.69) is 5.32 Å². The van der Waals surface area contributed by atoms with E-state index in [0.717, 1.165) is 11.1 Å². The van der Waals surface area contributed by atoms with Crippen LogP contribution in [0.2, 0.25) is 0 Å². The number of nitrogens with one attached hydrogen (secondary N) is 1. The minimum absolute atomic E-state index is 0.120. The van der Waals surface area contributed by atoms with Crippen molar-refractivity contribution in [2.75, 3.05) is 5.32 Å². The van der Waals surface area contributed by atoms with E-state index in [1.165, 1.54) is 40.9 Å². The van der Waals surface area contributed by atoms with Crippen LogP contribution in [0.25, 0.3) is 6.08 Å². The Kier molecular flexibility index (Phi) is 6.14. The molecule has 6 nitrogen and oxygen atoms in total. The van der Waals surface area contributed by atoms with Crippen LogP contribution in [0.3, 0.4) is 0 Å². The number of carbonyl (C=O) groups excluding carboxylic acids is 2. The van der Waals surface area contributed by atoms with Crippen LogP contribution in [0.15, 0.2) is 53.4 Å². The molecule has 2 amide bonds. The number of aryl methyl sites for hydroxylation is 1. The third-order valence-corrected chi connectivity index (χ3v) is 5.80. The lowest BCUT2D eigenvalue weighted by atomic mass is 10.1. The summed E-state index contributed by atoms with van der Waals surface area (Å²) in [6.07, 6.45) is 1.78. The van der Waals surface area contributed by atoms with Gasteiger partial charge in [0, 0.05) is 5.69 Å². The van der Waals surface area contributed by atoms with Gasteiger partial charge in [-0.05, 0) is 55.3 Å². The predicted molar refractivity (Wildman–Crippen MR) is 118 cm³/mol. The molecule has 0 aromatic heterocycles. The van der Waals surface area contributed by atoms with Crippen molar-refractivity contribution in [3.63, 3.8) is 0 Å². The molecule has 0 bridgehead atoms. The van der Waals surface area contributed by atoms with E-state index < -0.39 is 17.9 Å². The molecule has 148 valence electrons. The Morgan fingerprint density at radius 3 is 2.45 bits per heavy atom. The summed E-state index contributed by atoms with van der Waals surface area (Å²) in [5, 5.41) is 11.6. The van der Waals surface area contributed by atoms with Gasteiger partial charge >= 0.3 is 5.97 Å². The summed E-state index contributed by atoms with van der Waals surface area (Å²) >= 11 is 6.50. The number of amides is 2. The van der Waals surface area contributed by atoms with Gasteiger partial charge in [-0.15, -0.1) is 0 Å². The molecule has 1 aliphatic rings. The van der Waals surface area contributed by atoms with Crippen molar-refractivity contribution >= 4 is 57.8 Å². The molecular formula is C21H18N2O4S2. The molecule has 0 saturated carbocycles. The molecule has 29 heavy (non-hydrogen) atoms. The van der Waals surface area contributed by atoms with Gasteiger partial charge in [-0.2, -0.15) is 0 Å². The number of thioether (sulfide) groups is 1. The van der Waals surface area contributed by atoms with Crippen molar-refractivity contribution in [2.24, 2.45) is 0 Å². The second-order valence-electron chi connectivity index (χ2n) is 6.46. The van der Waals surface area contributed by atoms with Gasteiger partial charge in [0.2, 0.25) is 5.91 Å². The Hall–Kier alpha value is -2.97. The minimum Gasteiger partial charge on any atom is -0.478 e. The predicted octanol–water partition coefficient (Wildman–Crippen LogP) is 3.92. The van der Waals surface area contributed by atoms with Crippen LogP contribution in [0.5, 0.6) is 0 Å². The van der Waals surface area contributed by atoms with Gasteiger partial charge < -0.3 is 10.4 Å². The van der Waals surface area contributed by atoms with E-state index in [4.69, 9.17) is 17.3 Å². The summed E-state index contributed by atoms with van der Waals surface area (Å²) in [5.74, 6) is -1.78. The maximum atomic E-state index is 12.9. The van der Waals surface area contributed by atoms with E-state index in [1.54, 1.807) is 13.0 Å². The lowest BCUT2D eigenvalue weighted by Crippen LogP contribution is -2.44. The van der Waals surface area contributed by atoms with Gasteiger partial charge in [-0.3, -0.25) is 14.5 Å². The lowest BCUT2D eigenvalue weighted by Gasteiger charge is -2.22. The fourth-order valence-electron chi connectivity index (χ4n) is 2.76. The molecular weight excluding hydrogens is 408 g/mol. The van der Waals surface area contributed by atoms with Crippen molar-refractivity contribution in [3.8, 4) is 0 Å². The number of carboxylic acid groups (broad SMARTS) is 1. The normalized spacial score (nSPS) is 16.2. The number of aromatic carboxylic acids is 1. The van der Waals surface area contributed by atoms with E-state index >= 15 is 0 Å². The molecule has 1 heterocycles. The number of rotatable bonds is 5. The van der Waals surface area contributed by atoms with Crippen LogP contribution >= 0.6 is 24.0 Å². The third kappa shape index (κ3) is 4.55. The van der Waals surface area contributed by atoms with Gasteiger partial charge in [-0.25, -0.2) is 4.79 Å². The molecule has 1 fully saturated rings. The zero-order valence-corrected chi connectivity index (χ0v) is 17.3. The minimum atomic E-state index is -1.05. The molecule has 2 N–H and O–H groups in total. The number of nitrogens with zero attached hydrogens (tertiary/aromatic N) is 1. The Morgan fingerprint density at radius 1 is 1.17 bits per heavy atom. The molecule has 2 aromatic rings. The van der Waals surface area contributed by atoms with Crippen LogP contribution in [0.1, 0.15) is 28.4 Å². The van der Waals surface area contributed by atoms with Gasteiger partial charge in [0.05, 0.1) is 10.5 Å². The maximum Gasteiger partial charge on any atom is 0.335 e. The number of carboxylic acids is 1. The first-order valence-electron chi connectivity index (χ1n) is 8.75. The van der Waals surface area contributed by atoms with Crippen molar-refractivity contribution in [2.45, 2.75) is 19.9 Å². The first kappa shape index (κ1) is 20.8. The SMILES string of the molecule is Cc1ccccc1/C=C1\SC(=S)N(C(C)C(=O)Nc2ccc(C(=O)O)cc2)C1=O. The fraction of sp³-hybridized carbons (Fsp3) is 0.143. The van der Waals surface area contributed by atoms with Gasteiger partial charge in [0.25, 0.3) is 5.91 Å². The standard InChI is InChI=1S/C21H18N2O4S2/c1-12-5-3-4-6-15(12)11-17-19(25)23(21(28)29-17)13(2)18(24)22-16-9-7-14(8-10-16)20(26)27/h3-11,13H,1-2H3,(H,22,24)(H,26,27)/b17-11-. The number of carbonyl (C=O) groups is 3. The monoisotopic (exact) mass is 426 g/mol. The summed E-state index contributed by atoms with van der Waals surface area (Å²) in [5.41, 5.74) is 2.51. The fourth-order valence-corrected chi connectivity index (χ4v) is 4.17. The maximum absolute atomic E-state index is 12.9. The molecule has 1 aliphatic heterocycles. The smallest absolute Gasteiger partial charge is 0.335 e. The molecule has 0 aliphatic carbocycles. The third-order valence-electron chi connectivity index (χ3n) is 4.46. The summed E-state index contributed by atoms with van der Waals surface area (Å²) in [7, 11) is 0. The Balaban J connectivity index is 1.74. The summed E-state index contributed by atoms with van der Waals surface area (Å²) in [4.78, 5) is 38.2. The molecule has 1 saturated heterocycles. The van der Waals surface area contributed by atoms with E-state index in [1.807, 2.05) is 31.2 Å². The average Bonchev–Trinajstić information content (AvgIpc) is 2.96. The number of benzene rings is 2. The van der Waals surface area contributed by atoms with Crippen molar-refractivity contribution in [1.29, 1.82) is 0 Å². The highest BCUT2D eigenvalue weighted by Crippen LogP contribution is 2.34. The lowest BCUT2D eigenvalue weighted by molar-refractivity contribution is -0.129. The van der Waals surface area contributed by atoms with Crippen molar-refractivity contribution in [3.05, 3.63) is 70.1 Å². The quantitative estimate of drug-likeness (QED) is 0.557. The molecule has 0 radical (unpaired) electrons. The Morgan fingerprint density at radius 2 is 1.83 bits per heavy atom. The van der Waals surface area contributed by atoms with Crippen LogP contribution in [-0.2, 0) is 9.59 Å². The summed E-state index contributed by atoms with van der Waals surface area (Å²) in [6.45, 7) is 3.56. The average molecular weight is 427 g/mol. The summed E-state index contributed by atoms with van der Waals surface area (Å²) in [6, 6.07) is 12.7. The van der Waals surface area contributed by atoms with Crippen molar-refractivity contribution < 1.29 is 19.5 Å². The zero-order valence-electron chi connectivity index (χ0n) is 15.7. The topological polar surface area (TPSA) is 86.7 Å². The second kappa shape index (κ2) is 8.59.